The summed E-state index contributed by atoms with van der Waals surface area (Å²) in [5.41, 5.74) is 1.33. The molecule has 1 aliphatic rings. The molecule has 0 saturated carbocycles. The molecule has 1 atom stereocenters. The molecule has 0 bridgehead atoms. The van der Waals surface area contributed by atoms with Gasteiger partial charge in [0.1, 0.15) is 12.0 Å². The van der Waals surface area contributed by atoms with Crippen LogP contribution in [0.5, 0.6) is 0 Å². The van der Waals surface area contributed by atoms with Crippen LogP contribution in [0.2, 0.25) is 0 Å². The Kier molecular flexibility index (Phi) is 7.22. The summed E-state index contributed by atoms with van der Waals surface area (Å²) in [5, 5.41) is 18.8. The quantitative estimate of drug-likeness (QED) is 0.394. The highest BCUT2D eigenvalue weighted by molar-refractivity contribution is 6.44. The molecule has 0 aliphatic carbocycles. The van der Waals surface area contributed by atoms with Crippen molar-refractivity contribution in [1.82, 2.24) is 30.9 Å². The largest absolute Gasteiger partial charge is 0.392 e. The minimum atomic E-state index is -0.636. The predicted molar refractivity (Wildman–Crippen MR) is 114 cm³/mol. The summed E-state index contributed by atoms with van der Waals surface area (Å²) >= 11 is 0. The molecule has 2 aromatic heterocycles. The molecule has 0 aromatic carbocycles. The molecule has 3 rings (SSSR count). The summed E-state index contributed by atoms with van der Waals surface area (Å²) in [6.45, 7) is 0.646. The zero-order valence-corrected chi connectivity index (χ0v) is 17.2. The molecule has 11 heteroatoms. The van der Waals surface area contributed by atoms with E-state index >= 15 is 0 Å². The normalized spacial score (nSPS) is 15.8. The molecule has 1 aliphatic heterocycles. The van der Waals surface area contributed by atoms with E-state index in [-0.39, 0.29) is 17.5 Å². The molecular weight excluding hydrogens is 400 g/mol. The Hall–Kier alpha value is -3.86. The third kappa shape index (κ3) is 5.39. The van der Waals surface area contributed by atoms with Crippen molar-refractivity contribution in [1.29, 1.82) is 5.41 Å². The van der Waals surface area contributed by atoms with Gasteiger partial charge < -0.3 is 26.0 Å². The number of hydrogen-bond donors (Lipinski definition) is 5. The molecule has 0 spiro atoms. The number of nitrogens with zero attached hydrogens (tertiary/aromatic N) is 3. The Labute approximate surface area is 179 Å². The highest BCUT2D eigenvalue weighted by atomic mass is 16.5. The summed E-state index contributed by atoms with van der Waals surface area (Å²) in [7, 11) is 3.01. The van der Waals surface area contributed by atoms with E-state index < -0.39 is 17.5 Å². The van der Waals surface area contributed by atoms with E-state index in [2.05, 4.69) is 36.2 Å². The van der Waals surface area contributed by atoms with Crippen LogP contribution < -0.4 is 21.3 Å². The summed E-state index contributed by atoms with van der Waals surface area (Å²) in [5.74, 6) is -1.23. The number of ether oxygens (including phenoxy) is 1. The first kappa shape index (κ1) is 21.8. The smallest absolute Gasteiger partial charge is 0.276 e. The van der Waals surface area contributed by atoms with Crippen LogP contribution in [0.4, 0.5) is 11.4 Å². The van der Waals surface area contributed by atoms with Crippen LogP contribution in [-0.2, 0) is 9.53 Å². The molecular formula is C20H24N8O3. The molecule has 162 valence electrons. The Balaban J connectivity index is 1.93. The molecule has 3 heterocycles. The molecule has 2 amide bonds. The maximum Gasteiger partial charge on any atom is 0.276 e. The molecule has 31 heavy (non-hydrogen) atoms. The van der Waals surface area contributed by atoms with Gasteiger partial charge in [-0.2, -0.15) is 0 Å². The lowest BCUT2D eigenvalue weighted by Crippen LogP contribution is -2.37. The van der Waals surface area contributed by atoms with E-state index in [1.165, 1.54) is 19.6 Å². The zero-order chi connectivity index (χ0) is 22.2. The van der Waals surface area contributed by atoms with Gasteiger partial charge in [-0.15, -0.1) is 0 Å². The second-order valence-electron chi connectivity index (χ2n) is 6.64. The van der Waals surface area contributed by atoms with E-state index in [1.807, 2.05) is 0 Å². The minimum absolute atomic E-state index is 0.00478. The van der Waals surface area contributed by atoms with Gasteiger partial charge in [0.15, 0.2) is 5.69 Å². The second kappa shape index (κ2) is 10.3. The van der Waals surface area contributed by atoms with Crippen LogP contribution >= 0.6 is 0 Å². The fourth-order valence-corrected chi connectivity index (χ4v) is 3.00. The molecule has 2 aromatic rings. The number of carbonyl (C=O) groups is 2. The van der Waals surface area contributed by atoms with E-state index in [0.717, 1.165) is 12.8 Å². The van der Waals surface area contributed by atoms with Gasteiger partial charge in [-0.05, 0) is 25.0 Å². The van der Waals surface area contributed by atoms with Gasteiger partial charge in [-0.1, -0.05) is 0 Å². The number of amides is 2. The van der Waals surface area contributed by atoms with Crippen molar-refractivity contribution in [3.63, 3.8) is 0 Å². The number of pyridine rings is 1. The van der Waals surface area contributed by atoms with Crippen LogP contribution in [0.1, 0.15) is 35.1 Å². The Morgan fingerprint density at radius 1 is 1.23 bits per heavy atom. The first-order valence-corrected chi connectivity index (χ1v) is 9.67. The van der Waals surface area contributed by atoms with Gasteiger partial charge in [0, 0.05) is 26.9 Å². The molecule has 11 nitrogen and oxygen atoms in total. The Morgan fingerprint density at radius 3 is 2.65 bits per heavy atom. The molecule has 1 saturated heterocycles. The van der Waals surface area contributed by atoms with E-state index in [0.29, 0.717) is 23.7 Å². The van der Waals surface area contributed by atoms with Gasteiger partial charge in [0.2, 0.25) is 0 Å². The highest BCUT2D eigenvalue weighted by Gasteiger charge is 2.24. The predicted octanol–water partition coefficient (Wildman–Crippen LogP) is 1.02. The second-order valence-corrected chi connectivity index (χ2v) is 6.64. The molecule has 1 fully saturated rings. The van der Waals surface area contributed by atoms with Gasteiger partial charge in [-0.25, -0.2) is 15.0 Å². The third-order valence-corrected chi connectivity index (χ3v) is 4.49. The lowest BCUT2D eigenvalue weighted by molar-refractivity contribution is -0.114. The number of rotatable bonds is 8. The zero-order valence-electron chi connectivity index (χ0n) is 17.2. The van der Waals surface area contributed by atoms with Crippen molar-refractivity contribution >= 4 is 28.9 Å². The maximum atomic E-state index is 13.1. The standard InChI is InChI=1S/C20H24N8O3/c1-22-10-15(17(21)19(29)23-2)28-20(30)18-14(26-12-8-24-11-25-9-12)6-5-13(27-18)16-4-3-7-31-16/h5-6,8-11,16,21-22,26H,3-4,7H2,1-2H3,(H,23,29)(H,28,30)/b15-10+,21-17?. The van der Waals surface area contributed by atoms with Crippen LogP contribution in [0, 0.1) is 5.41 Å². The van der Waals surface area contributed by atoms with Gasteiger partial charge in [0.25, 0.3) is 11.8 Å². The SMILES string of the molecule is CN/C=C(/NC(=O)c1nc(C2CCCO2)ccc1Nc1cncnc1)C(=N)C(=O)NC. The Morgan fingerprint density at radius 2 is 2.00 bits per heavy atom. The topological polar surface area (TPSA) is 154 Å². The number of aromatic nitrogens is 3. The highest BCUT2D eigenvalue weighted by Crippen LogP contribution is 2.29. The number of nitrogens with one attached hydrogen (secondary N) is 5. The van der Waals surface area contributed by atoms with E-state index in [9.17, 15) is 9.59 Å². The number of carbonyl (C=O) groups excluding carboxylic acids is 2. The first-order chi connectivity index (χ1) is 15.0. The Bertz CT molecular complexity index is 987. The molecule has 1 unspecified atom stereocenters. The van der Waals surface area contributed by atoms with Gasteiger partial charge in [0.05, 0.1) is 41.3 Å². The first-order valence-electron chi connectivity index (χ1n) is 9.67. The van der Waals surface area contributed by atoms with Crippen molar-refractivity contribution < 1.29 is 14.3 Å². The monoisotopic (exact) mass is 424 g/mol. The summed E-state index contributed by atoms with van der Waals surface area (Å²) in [6, 6.07) is 3.53. The lowest BCUT2D eigenvalue weighted by Gasteiger charge is -2.16. The van der Waals surface area contributed by atoms with E-state index in [1.54, 1.807) is 31.6 Å². The number of anilines is 2. The average Bonchev–Trinajstić information content (AvgIpc) is 3.33. The lowest BCUT2D eigenvalue weighted by atomic mass is 10.1. The third-order valence-electron chi connectivity index (χ3n) is 4.49. The average molecular weight is 424 g/mol. The minimum Gasteiger partial charge on any atom is -0.392 e. The van der Waals surface area contributed by atoms with Crippen molar-refractivity contribution in [3.8, 4) is 0 Å². The van der Waals surface area contributed by atoms with Crippen LogP contribution in [0.15, 0.2) is 42.8 Å². The van der Waals surface area contributed by atoms with Gasteiger partial charge in [-0.3, -0.25) is 15.0 Å². The van der Waals surface area contributed by atoms with Crippen molar-refractivity contribution in [3.05, 3.63) is 54.1 Å². The molecule has 5 N–H and O–H groups in total. The van der Waals surface area contributed by atoms with Crippen LogP contribution in [0.3, 0.4) is 0 Å². The van der Waals surface area contributed by atoms with Crippen LogP contribution in [-0.4, -0.2) is 53.2 Å². The number of hydrogen-bond acceptors (Lipinski definition) is 9. The van der Waals surface area contributed by atoms with Gasteiger partial charge >= 0.3 is 0 Å². The van der Waals surface area contributed by atoms with Crippen molar-refractivity contribution in [2.24, 2.45) is 0 Å². The van der Waals surface area contributed by atoms with Crippen molar-refractivity contribution in [2.75, 3.05) is 26.0 Å². The van der Waals surface area contributed by atoms with Crippen molar-refractivity contribution in [2.45, 2.75) is 18.9 Å². The maximum absolute atomic E-state index is 13.1. The fourth-order valence-electron chi connectivity index (χ4n) is 3.00. The molecule has 0 radical (unpaired) electrons. The summed E-state index contributed by atoms with van der Waals surface area (Å²) in [4.78, 5) is 37.5. The van der Waals surface area contributed by atoms with Crippen LogP contribution in [0.25, 0.3) is 0 Å². The summed E-state index contributed by atoms with van der Waals surface area (Å²) < 4.78 is 5.69. The summed E-state index contributed by atoms with van der Waals surface area (Å²) in [6.07, 6.45) is 7.45. The fraction of sp³-hybridized carbons (Fsp3) is 0.300. The van der Waals surface area contributed by atoms with E-state index in [4.69, 9.17) is 10.1 Å².